The highest BCUT2D eigenvalue weighted by molar-refractivity contribution is 5.94. The van der Waals surface area contributed by atoms with Crippen molar-refractivity contribution in [2.75, 3.05) is 13.1 Å². The van der Waals surface area contributed by atoms with Crippen molar-refractivity contribution >= 4 is 5.91 Å². The van der Waals surface area contributed by atoms with Crippen LogP contribution < -0.4 is 0 Å². The lowest BCUT2D eigenvalue weighted by atomic mass is 9.87. The molecule has 5 heteroatoms. The van der Waals surface area contributed by atoms with Crippen molar-refractivity contribution in [1.29, 1.82) is 0 Å². The molecule has 1 amide bonds. The first-order valence-corrected chi connectivity index (χ1v) is 11.9. The van der Waals surface area contributed by atoms with Crippen LogP contribution in [0.4, 0.5) is 0 Å². The van der Waals surface area contributed by atoms with E-state index in [1.165, 1.54) is 18.4 Å². The molecule has 0 N–H and O–H groups in total. The first-order chi connectivity index (χ1) is 15.7. The zero-order valence-corrected chi connectivity index (χ0v) is 19.2. The van der Waals surface area contributed by atoms with E-state index in [2.05, 4.69) is 52.9 Å². The zero-order chi connectivity index (χ0) is 22.3. The van der Waals surface area contributed by atoms with Gasteiger partial charge in [-0.3, -0.25) is 9.69 Å². The van der Waals surface area contributed by atoms with Gasteiger partial charge in [-0.2, -0.15) is 0 Å². The van der Waals surface area contributed by atoms with E-state index in [-0.39, 0.29) is 11.9 Å². The van der Waals surface area contributed by atoms with Gasteiger partial charge in [0.25, 0.3) is 5.91 Å². The zero-order valence-electron chi connectivity index (χ0n) is 19.2. The van der Waals surface area contributed by atoms with E-state index in [1.807, 2.05) is 41.1 Å². The summed E-state index contributed by atoms with van der Waals surface area (Å²) in [5.74, 6) is 0.120. The third-order valence-corrected chi connectivity index (χ3v) is 6.75. The van der Waals surface area contributed by atoms with Crippen LogP contribution in [0.15, 0.2) is 73.3 Å². The van der Waals surface area contributed by atoms with Crippen LogP contribution in [0.5, 0.6) is 0 Å². The molecule has 32 heavy (non-hydrogen) atoms. The van der Waals surface area contributed by atoms with Crippen molar-refractivity contribution in [1.82, 2.24) is 19.4 Å². The van der Waals surface area contributed by atoms with Crippen molar-refractivity contribution in [2.24, 2.45) is 0 Å². The van der Waals surface area contributed by atoms with Gasteiger partial charge in [-0.05, 0) is 55.8 Å². The van der Waals surface area contributed by atoms with Crippen LogP contribution in [0.25, 0.3) is 5.69 Å². The van der Waals surface area contributed by atoms with Crippen LogP contribution in [0, 0.1) is 0 Å². The Bertz CT molecular complexity index is 965. The van der Waals surface area contributed by atoms with Gasteiger partial charge < -0.3 is 9.47 Å². The van der Waals surface area contributed by atoms with Crippen LogP contribution in [-0.2, 0) is 6.54 Å². The summed E-state index contributed by atoms with van der Waals surface area (Å²) in [6, 6.07) is 18.9. The van der Waals surface area contributed by atoms with Crippen molar-refractivity contribution in [2.45, 2.75) is 58.2 Å². The van der Waals surface area contributed by atoms with Crippen LogP contribution in [0.1, 0.15) is 55.5 Å². The summed E-state index contributed by atoms with van der Waals surface area (Å²) in [5.41, 5.74) is 2.93. The Kier molecular flexibility index (Phi) is 7.38. The highest BCUT2D eigenvalue weighted by atomic mass is 16.2. The standard InChI is InChI=1S/C27H34N4O/c1-3-29(4-2)25-12-8-9-13-26(25)31(20-22-10-6-5-7-11-22)27(32)23-14-16-24(17-15-23)30-19-18-28-21-30/h5-7,10-11,14-19,21,25-26H,3-4,8-9,12-13,20H2,1-2H3. The van der Waals surface area contributed by atoms with Crippen molar-refractivity contribution in [3.8, 4) is 5.69 Å². The second-order valence-electron chi connectivity index (χ2n) is 8.58. The third kappa shape index (κ3) is 4.94. The van der Waals surface area contributed by atoms with E-state index in [0.29, 0.717) is 12.6 Å². The van der Waals surface area contributed by atoms with E-state index in [4.69, 9.17) is 0 Å². The maximum atomic E-state index is 13.9. The second kappa shape index (κ2) is 10.6. The molecule has 1 aromatic heterocycles. The van der Waals surface area contributed by atoms with Crippen LogP contribution in [0.3, 0.4) is 0 Å². The molecule has 5 nitrogen and oxygen atoms in total. The quantitative estimate of drug-likeness (QED) is 0.495. The summed E-state index contributed by atoms with van der Waals surface area (Å²) in [6.07, 6.45) is 10.1. The van der Waals surface area contributed by atoms with Gasteiger partial charge in [-0.25, -0.2) is 4.98 Å². The Balaban J connectivity index is 1.64. The number of carbonyl (C=O) groups excluding carboxylic acids is 1. The van der Waals surface area contributed by atoms with Gasteiger partial charge in [0.1, 0.15) is 0 Å². The minimum Gasteiger partial charge on any atom is -0.330 e. The number of hydrogen-bond donors (Lipinski definition) is 0. The lowest BCUT2D eigenvalue weighted by molar-refractivity contribution is 0.0349. The molecule has 4 rings (SSSR count). The molecule has 2 aromatic carbocycles. The van der Waals surface area contributed by atoms with Gasteiger partial charge in [-0.15, -0.1) is 0 Å². The van der Waals surface area contributed by atoms with Crippen molar-refractivity contribution < 1.29 is 4.79 Å². The SMILES string of the molecule is CCN(CC)C1CCCCC1N(Cc1ccccc1)C(=O)c1ccc(-n2ccnc2)cc1. The number of carbonyl (C=O) groups is 1. The predicted octanol–water partition coefficient (Wildman–Crippen LogP) is 5.17. The molecule has 1 fully saturated rings. The molecule has 1 aliphatic rings. The molecule has 2 atom stereocenters. The lowest BCUT2D eigenvalue weighted by Gasteiger charge is -2.45. The normalized spacial score (nSPS) is 18.6. The van der Waals surface area contributed by atoms with E-state index >= 15 is 0 Å². The molecule has 3 aromatic rings. The maximum Gasteiger partial charge on any atom is 0.254 e. The lowest BCUT2D eigenvalue weighted by Crippen LogP contribution is -2.54. The molecule has 1 heterocycles. The Hall–Kier alpha value is -2.92. The summed E-state index contributed by atoms with van der Waals surface area (Å²) < 4.78 is 1.95. The monoisotopic (exact) mass is 430 g/mol. The molecular formula is C27H34N4O. The third-order valence-electron chi connectivity index (χ3n) is 6.75. The average Bonchev–Trinajstić information content (AvgIpc) is 3.39. The predicted molar refractivity (Wildman–Crippen MR) is 129 cm³/mol. The molecule has 0 radical (unpaired) electrons. The Morgan fingerprint density at radius 2 is 1.66 bits per heavy atom. The van der Waals surface area contributed by atoms with Gasteiger partial charge in [0, 0.05) is 42.3 Å². The number of benzene rings is 2. The molecule has 0 aliphatic heterocycles. The topological polar surface area (TPSA) is 41.4 Å². The average molecular weight is 431 g/mol. The number of rotatable bonds is 8. The van der Waals surface area contributed by atoms with Gasteiger partial charge in [0.15, 0.2) is 0 Å². The van der Waals surface area contributed by atoms with Crippen LogP contribution in [0.2, 0.25) is 0 Å². The van der Waals surface area contributed by atoms with Gasteiger partial charge in [0.2, 0.25) is 0 Å². The van der Waals surface area contributed by atoms with E-state index < -0.39 is 0 Å². The van der Waals surface area contributed by atoms with Gasteiger partial charge >= 0.3 is 0 Å². The summed E-state index contributed by atoms with van der Waals surface area (Å²) in [4.78, 5) is 22.7. The first kappa shape index (κ1) is 22.3. The summed E-state index contributed by atoms with van der Waals surface area (Å²) in [7, 11) is 0. The highest BCUT2D eigenvalue weighted by Gasteiger charge is 2.35. The maximum absolute atomic E-state index is 13.9. The van der Waals surface area contributed by atoms with E-state index in [0.717, 1.165) is 37.2 Å². The fourth-order valence-corrected chi connectivity index (χ4v) is 5.05. The summed E-state index contributed by atoms with van der Waals surface area (Å²) in [6.45, 7) is 7.14. The minimum absolute atomic E-state index is 0.120. The number of amides is 1. The highest BCUT2D eigenvalue weighted by Crippen LogP contribution is 2.30. The molecule has 0 saturated heterocycles. The van der Waals surface area contributed by atoms with Crippen molar-refractivity contribution in [3.05, 3.63) is 84.4 Å². The van der Waals surface area contributed by atoms with Gasteiger partial charge in [-0.1, -0.05) is 57.0 Å². The molecule has 1 saturated carbocycles. The Labute approximate surface area is 191 Å². The number of imidazole rings is 1. The van der Waals surface area contributed by atoms with Gasteiger partial charge in [0.05, 0.1) is 6.33 Å². The number of nitrogens with zero attached hydrogens (tertiary/aromatic N) is 4. The van der Waals surface area contributed by atoms with Crippen molar-refractivity contribution in [3.63, 3.8) is 0 Å². The number of likely N-dealkylation sites (N-methyl/N-ethyl adjacent to an activating group) is 1. The fraction of sp³-hybridized carbons (Fsp3) is 0.407. The molecule has 2 unspecified atom stereocenters. The summed E-state index contributed by atoms with van der Waals surface area (Å²) >= 11 is 0. The molecule has 0 bridgehead atoms. The van der Waals surface area contributed by atoms with Crippen LogP contribution >= 0.6 is 0 Å². The largest absolute Gasteiger partial charge is 0.330 e. The van der Waals surface area contributed by atoms with E-state index in [1.54, 1.807) is 12.5 Å². The second-order valence-corrected chi connectivity index (χ2v) is 8.58. The fourth-order valence-electron chi connectivity index (χ4n) is 5.05. The van der Waals surface area contributed by atoms with Crippen LogP contribution in [-0.4, -0.2) is 50.4 Å². The summed E-state index contributed by atoms with van der Waals surface area (Å²) in [5, 5.41) is 0. The number of aromatic nitrogens is 2. The number of hydrogen-bond acceptors (Lipinski definition) is 3. The minimum atomic E-state index is 0.120. The Morgan fingerprint density at radius 1 is 0.969 bits per heavy atom. The molecule has 0 spiro atoms. The first-order valence-electron chi connectivity index (χ1n) is 11.9. The van der Waals surface area contributed by atoms with E-state index in [9.17, 15) is 4.79 Å². The molecule has 1 aliphatic carbocycles. The molecular weight excluding hydrogens is 396 g/mol. The molecule has 168 valence electrons. The Morgan fingerprint density at radius 3 is 2.28 bits per heavy atom. The smallest absolute Gasteiger partial charge is 0.254 e.